The molecule has 2 aromatic carbocycles. The van der Waals surface area contributed by atoms with Crippen molar-refractivity contribution in [3.8, 4) is 0 Å². The van der Waals surface area contributed by atoms with Gasteiger partial charge in [0, 0.05) is 11.4 Å². The predicted molar refractivity (Wildman–Crippen MR) is 97.0 cm³/mol. The number of nitrogens with one attached hydrogen (secondary N) is 2. The SMILES string of the molecule is CCOC(=O)Nc1ccc(Cc2ccc(NC(=O)OCC)cc2)cc1. The minimum Gasteiger partial charge on any atom is -0.450 e. The molecule has 0 fully saturated rings. The summed E-state index contributed by atoms with van der Waals surface area (Å²) < 4.78 is 9.67. The van der Waals surface area contributed by atoms with Crippen LogP contribution in [0.5, 0.6) is 0 Å². The molecule has 132 valence electrons. The van der Waals surface area contributed by atoms with Gasteiger partial charge in [0.1, 0.15) is 0 Å². The van der Waals surface area contributed by atoms with E-state index in [9.17, 15) is 9.59 Å². The van der Waals surface area contributed by atoms with Crippen molar-refractivity contribution in [3.63, 3.8) is 0 Å². The summed E-state index contributed by atoms with van der Waals surface area (Å²) in [4.78, 5) is 22.7. The number of amides is 2. The lowest BCUT2D eigenvalue weighted by atomic mass is 10.0. The summed E-state index contributed by atoms with van der Waals surface area (Å²) in [5.74, 6) is 0. The topological polar surface area (TPSA) is 76.7 Å². The van der Waals surface area contributed by atoms with Gasteiger partial charge in [0.25, 0.3) is 0 Å². The molecule has 6 nitrogen and oxygen atoms in total. The van der Waals surface area contributed by atoms with Gasteiger partial charge in [0.05, 0.1) is 13.2 Å². The fourth-order valence-electron chi connectivity index (χ4n) is 2.22. The Bertz CT molecular complexity index is 635. The fourth-order valence-corrected chi connectivity index (χ4v) is 2.22. The summed E-state index contributed by atoms with van der Waals surface area (Å²) >= 11 is 0. The highest BCUT2D eigenvalue weighted by Gasteiger charge is 2.04. The Kier molecular flexibility index (Phi) is 6.83. The van der Waals surface area contributed by atoms with E-state index in [1.807, 2.05) is 48.5 Å². The van der Waals surface area contributed by atoms with Gasteiger partial charge in [-0.2, -0.15) is 0 Å². The summed E-state index contributed by atoms with van der Waals surface area (Å²) in [7, 11) is 0. The maximum absolute atomic E-state index is 11.4. The number of rotatable bonds is 6. The van der Waals surface area contributed by atoms with Crippen LogP contribution in [0.1, 0.15) is 25.0 Å². The average molecular weight is 342 g/mol. The number of ether oxygens (including phenoxy) is 2. The largest absolute Gasteiger partial charge is 0.450 e. The first kappa shape index (κ1) is 18.3. The number of hydrogen-bond acceptors (Lipinski definition) is 4. The third-order valence-electron chi connectivity index (χ3n) is 3.36. The molecule has 0 saturated heterocycles. The van der Waals surface area contributed by atoms with E-state index in [0.717, 1.165) is 17.5 Å². The summed E-state index contributed by atoms with van der Waals surface area (Å²) in [6.45, 7) is 4.20. The van der Waals surface area contributed by atoms with Gasteiger partial charge >= 0.3 is 12.2 Å². The second-order valence-corrected chi connectivity index (χ2v) is 5.26. The van der Waals surface area contributed by atoms with Crippen molar-refractivity contribution >= 4 is 23.6 Å². The van der Waals surface area contributed by atoms with E-state index < -0.39 is 12.2 Å². The van der Waals surface area contributed by atoms with Crippen LogP contribution in [0.15, 0.2) is 48.5 Å². The van der Waals surface area contributed by atoms with Gasteiger partial charge < -0.3 is 9.47 Å². The molecular formula is C19H22N2O4. The monoisotopic (exact) mass is 342 g/mol. The normalized spacial score (nSPS) is 10.0. The molecule has 2 rings (SSSR count). The van der Waals surface area contributed by atoms with E-state index in [1.165, 1.54) is 0 Å². The van der Waals surface area contributed by atoms with E-state index in [2.05, 4.69) is 10.6 Å². The lowest BCUT2D eigenvalue weighted by Gasteiger charge is -2.08. The lowest BCUT2D eigenvalue weighted by molar-refractivity contribution is 0.167. The molecule has 0 unspecified atom stereocenters. The first-order valence-corrected chi connectivity index (χ1v) is 8.16. The van der Waals surface area contributed by atoms with Gasteiger partial charge in [-0.15, -0.1) is 0 Å². The van der Waals surface area contributed by atoms with Crippen LogP contribution >= 0.6 is 0 Å². The van der Waals surface area contributed by atoms with Crippen LogP contribution in [-0.4, -0.2) is 25.4 Å². The Morgan fingerprint density at radius 2 is 1.08 bits per heavy atom. The smallest absolute Gasteiger partial charge is 0.411 e. The second-order valence-electron chi connectivity index (χ2n) is 5.26. The Hall–Kier alpha value is -3.02. The van der Waals surface area contributed by atoms with Crippen LogP contribution in [0.25, 0.3) is 0 Å². The minimum absolute atomic E-state index is 0.338. The van der Waals surface area contributed by atoms with Crippen molar-refractivity contribution < 1.29 is 19.1 Å². The third kappa shape index (κ3) is 6.18. The van der Waals surface area contributed by atoms with Crippen LogP contribution in [0.2, 0.25) is 0 Å². The third-order valence-corrected chi connectivity index (χ3v) is 3.36. The molecular weight excluding hydrogens is 320 g/mol. The number of anilines is 2. The summed E-state index contributed by atoms with van der Waals surface area (Å²) in [6.07, 6.45) is -0.167. The molecule has 2 amide bonds. The molecule has 25 heavy (non-hydrogen) atoms. The first-order valence-electron chi connectivity index (χ1n) is 8.16. The van der Waals surface area contributed by atoms with Crippen LogP contribution in [0.3, 0.4) is 0 Å². The van der Waals surface area contributed by atoms with Crippen molar-refractivity contribution in [3.05, 3.63) is 59.7 Å². The van der Waals surface area contributed by atoms with Crippen molar-refractivity contribution in [1.29, 1.82) is 0 Å². The van der Waals surface area contributed by atoms with Crippen molar-refractivity contribution in [2.75, 3.05) is 23.8 Å². The van der Waals surface area contributed by atoms with Gasteiger partial charge in [-0.1, -0.05) is 24.3 Å². The molecule has 0 aromatic heterocycles. The van der Waals surface area contributed by atoms with E-state index >= 15 is 0 Å². The molecule has 6 heteroatoms. The lowest BCUT2D eigenvalue weighted by Crippen LogP contribution is -2.13. The highest BCUT2D eigenvalue weighted by Crippen LogP contribution is 2.16. The summed E-state index contributed by atoms with van der Waals surface area (Å²) in [5, 5.41) is 5.31. The van der Waals surface area contributed by atoms with Crippen LogP contribution in [0, 0.1) is 0 Å². The standard InChI is InChI=1S/C19H22N2O4/c1-3-24-18(22)20-16-9-5-14(6-10-16)13-15-7-11-17(12-8-15)21-19(23)25-4-2/h5-12H,3-4,13H2,1-2H3,(H,20,22)(H,21,23). The zero-order chi connectivity index (χ0) is 18.1. The van der Waals surface area contributed by atoms with Crippen molar-refractivity contribution in [2.24, 2.45) is 0 Å². The number of carbonyl (C=O) groups excluding carboxylic acids is 2. The molecule has 0 aliphatic heterocycles. The Balaban J connectivity index is 1.91. The molecule has 0 radical (unpaired) electrons. The minimum atomic E-state index is -0.458. The van der Waals surface area contributed by atoms with Gasteiger partial charge in [-0.3, -0.25) is 10.6 Å². The van der Waals surface area contributed by atoms with Gasteiger partial charge in [0.15, 0.2) is 0 Å². The molecule has 0 aliphatic carbocycles. The molecule has 2 N–H and O–H groups in total. The molecule has 0 aliphatic rings. The molecule has 0 bridgehead atoms. The number of benzene rings is 2. The maximum atomic E-state index is 11.4. The molecule has 0 atom stereocenters. The quantitative estimate of drug-likeness (QED) is 0.815. The molecule has 2 aromatic rings. The second kappa shape index (κ2) is 9.32. The van der Waals surface area contributed by atoms with E-state index in [1.54, 1.807) is 13.8 Å². The van der Waals surface area contributed by atoms with Crippen LogP contribution < -0.4 is 10.6 Å². The summed E-state index contributed by atoms with van der Waals surface area (Å²) in [5.41, 5.74) is 3.60. The molecule has 0 spiro atoms. The van der Waals surface area contributed by atoms with E-state index in [0.29, 0.717) is 24.6 Å². The highest BCUT2D eigenvalue weighted by molar-refractivity contribution is 5.85. The maximum Gasteiger partial charge on any atom is 0.411 e. The van der Waals surface area contributed by atoms with Gasteiger partial charge in [-0.05, 0) is 55.7 Å². The first-order chi connectivity index (χ1) is 12.1. The Labute approximate surface area is 147 Å². The van der Waals surface area contributed by atoms with Crippen LogP contribution in [0.4, 0.5) is 21.0 Å². The molecule has 0 saturated carbocycles. The number of hydrogen-bond donors (Lipinski definition) is 2. The zero-order valence-corrected chi connectivity index (χ0v) is 14.4. The fraction of sp³-hybridized carbons (Fsp3) is 0.263. The Morgan fingerprint density at radius 3 is 1.40 bits per heavy atom. The Morgan fingerprint density at radius 1 is 0.720 bits per heavy atom. The van der Waals surface area contributed by atoms with Crippen molar-refractivity contribution in [1.82, 2.24) is 0 Å². The van der Waals surface area contributed by atoms with Crippen molar-refractivity contribution in [2.45, 2.75) is 20.3 Å². The summed E-state index contributed by atoms with van der Waals surface area (Å²) in [6, 6.07) is 15.1. The van der Waals surface area contributed by atoms with E-state index in [-0.39, 0.29) is 0 Å². The highest BCUT2D eigenvalue weighted by atomic mass is 16.6. The van der Waals surface area contributed by atoms with Gasteiger partial charge in [0.2, 0.25) is 0 Å². The number of carbonyl (C=O) groups is 2. The predicted octanol–water partition coefficient (Wildman–Crippen LogP) is 4.41. The zero-order valence-electron chi connectivity index (χ0n) is 14.4. The van der Waals surface area contributed by atoms with Gasteiger partial charge in [-0.25, -0.2) is 9.59 Å². The molecule has 0 heterocycles. The average Bonchev–Trinajstić information content (AvgIpc) is 2.59. The van der Waals surface area contributed by atoms with Crippen LogP contribution in [-0.2, 0) is 15.9 Å². The van der Waals surface area contributed by atoms with E-state index in [4.69, 9.17) is 9.47 Å².